The maximum Gasteiger partial charge on any atom is 0.415 e. The van der Waals surface area contributed by atoms with Crippen LogP contribution in [0.3, 0.4) is 0 Å². The van der Waals surface area contributed by atoms with Crippen LogP contribution in [-0.4, -0.2) is 23.9 Å². The zero-order valence-electron chi connectivity index (χ0n) is 10.4. The van der Waals surface area contributed by atoms with E-state index in [0.717, 1.165) is 31.0 Å². The van der Waals surface area contributed by atoms with Crippen molar-refractivity contribution in [2.24, 2.45) is 5.92 Å². The molecule has 7 heteroatoms. The van der Waals surface area contributed by atoms with Crippen molar-refractivity contribution in [3.8, 4) is 0 Å². The quantitative estimate of drug-likeness (QED) is 0.819. The third kappa shape index (κ3) is 3.67. The van der Waals surface area contributed by atoms with E-state index < -0.39 is 36.5 Å². The molecule has 1 fully saturated rings. The lowest BCUT2D eigenvalue weighted by molar-refractivity contribution is -0.202. The molecule has 0 radical (unpaired) electrons. The number of aliphatic hydroxyl groups excluding tert-OH is 1. The van der Waals surface area contributed by atoms with Crippen molar-refractivity contribution < 1.29 is 27.1 Å². The van der Waals surface area contributed by atoms with Gasteiger partial charge in [-0.05, 0) is 37.0 Å². The molecule has 0 heterocycles. The molecule has 0 saturated heterocycles. The molecule has 2 atom stereocenters. The first-order chi connectivity index (χ1) is 9.29. The Bertz CT molecular complexity index is 472. The largest absolute Gasteiger partial charge is 0.415 e. The average Bonchev–Trinajstić information content (AvgIpc) is 3.16. The summed E-state index contributed by atoms with van der Waals surface area (Å²) in [5.74, 6) is -1.35. The fourth-order valence-electron chi connectivity index (χ4n) is 2.07. The Hall–Kier alpha value is -1.21. The van der Waals surface area contributed by atoms with E-state index in [1.807, 2.05) is 0 Å². The van der Waals surface area contributed by atoms with Gasteiger partial charge in [-0.1, -0.05) is 0 Å². The molecule has 0 aromatic heterocycles. The molecule has 1 aromatic carbocycles. The summed E-state index contributed by atoms with van der Waals surface area (Å²) < 4.78 is 63.5. The molecule has 0 aliphatic heterocycles. The monoisotopic (exact) mass is 295 g/mol. The minimum atomic E-state index is -4.73. The zero-order chi connectivity index (χ0) is 14.9. The van der Waals surface area contributed by atoms with E-state index in [4.69, 9.17) is 5.11 Å². The lowest BCUT2D eigenvalue weighted by atomic mass is 10.0. The normalized spacial score (nSPS) is 18.9. The van der Waals surface area contributed by atoms with Crippen molar-refractivity contribution in [3.63, 3.8) is 0 Å². The Balaban J connectivity index is 2.10. The Morgan fingerprint density at radius 1 is 1.25 bits per heavy atom. The van der Waals surface area contributed by atoms with Gasteiger partial charge in [0.2, 0.25) is 0 Å². The van der Waals surface area contributed by atoms with Gasteiger partial charge in [-0.2, -0.15) is 13.2 Å². The van der Waals surface area contributed by atoms with Gasteiger partial charge in [0.1, 0.15) is 11.6 Å². The van der Waals surface area contributed by atoms with Crippen LogP contribution in [0.4, 0.5) is 22.0 Å². The first kappa shape index (κ1) is 15.2. The van der Waals surface area contributed by atoms with E-state index >= 15 is 0 Å². The number of rotatable bonds is 5. The number of hydrogen-bond acceptors (Lipinski definition) is 2. The van der Waals surface area contributed by atoms with E-state index in [9.17, 15) is 22.0 Å². The number of benzene rings is 1. The summed E-state index contributed by atoms with van der Waals surface area (Å²) in [5, 5.41) is 11.4. The summed E-state index contributed by atoms with van der Waals surface area (Å²) in [6, 6.07) is 2.16. The predicted molar refractivity (Wildman–Crippen MR) is 61.9 cm³/mol. The van der Waals surface area contributed by atoms with E-state index in [-0.39, 0.29) is 11.5 Å². The topological polar surface area (TPSA) is 32.3 Å². The second-order valence-electron chi connectivity index (χ2n) is 4.95. The minimum Gasteiger partial charge on any atom is -0.382 e. The van der Waals surface area contributed by atoms with Crippen LogP contribution >= 0.6 is 0 Å². The van der Waals surface area contributed by atoms with Crippen LogP contribution in [0, 0.1) is 17.6 Å². The second kappa shape index (κ2) is 5.65. The van der Waals surface area contributed by atoms with E-state index in [1.165, 1.54) is 0 Å². The van der Waals surface area contributed by atoms with Crippen LogP contribution < -0.4 is 5.32 Å². The summed E-state index contributed by atoms with van der Waals surface area (Å²) in [6.45, 7) is -0.749. The van der Waals surface area contributed by atoms with Gasteiger partial charge in [-0.3, -0.25) is 0 Å². The Kier molecular flexibility index (Phi) is 4.29. The highest BCUT2D eigenvalue weighted by Crippen LogP contribution is 2.42. The van der Waals surface area contributed by atoms with Crippen LogP contribution in [0.5, 0.6) is 0 Å². The first-order valence-electron chi connectivity index (χ1n) is 6.22. The van der Waals surface area contributed by atoms with Gasteiger partial charge >= 0.3 is 6.18 Å². The Morgan fingerprint density at radius 3 is 2.45 bits per heavy atom. The summed E-state index contributed by atoms with van der Waals surface area (Å²) in [7, 11) is 0. The van der Waals surface area contributed by atoms with Crippen molar-refractivity contribution in [1.82, 2.24) is 5.32 Å². The first-order valence-corrected chi connectivity index (χ1v) is 6.22. The number of aliphatic hydroxyl groups is 1. The van der Waals surface area contributed by atoms with Crippen LogP contribution in [-0.2, 0) is 0 Å². The highest BCUT2D eigenvalue weighted by atomic mass is 19.4. The highest BCUT2D eigenvalue weighted by Gasteiger charge is 2.40. The third-order valence-electron chi connectivity index (χ3n) is 3.30. The summed E-state index contributed by atoms with van der Waals surface area (Å²) in [6.07, 6.45) is -5.80. The average molecular weight is 295 g/mol. The fourth-order valence-corrected chi connectivity index (χ4v) is 2.07. The SMILES string of the molecule is O[C@H](CN[C@@H](c1cc(F)ccc1F)C1CC1)C(F)(F)F. The number of nitrogens with one attached hydrogen (secondary N) is 1. The van der Waals surface area contributed by atoms with Crippen LogP contribution in [0.2, 0.25) is 0 Å². The minimum absolute atomic E-state index is 0.00174. The lowest BCUT2D eigenvalue weighted by Crippen LogP contribution is -2.40. The van der Waals surface area contributed by atoms with Crippen LogP contribution in [0.15, 0.2) is 18.2 Å². The molecule has 1 aromatic rings. The number of hydrogen-bond donors (Lipinski definition) is 2. The van der Waals surface area contributed by atoms with Crippen LogP contribution in [0.25, 0.3) is 0 Å². The van der Waals surface area contributed by atoms with Gasteiger partial charge < -0.3 is 10.4 Å². The molecule has 1 saturated carbocycles. The maximum absolute atomic E-state index is 13.7. The number of alkyl halides is 3. The third-order valence-corrected chi connectivity index (χ3v) is 3.30. The molecule has 2 nitrogen and oxygen atoms in total. The molecule has 2 N–H and O–H groups in total. The molecule has 0 bridgehead atoms. The molecule has 1 aliphatic rings. The van der Waals surface area contributed by atoms with Gasteiger partial charge in [0.05, 0.1) is 0 Å². The molecule has 1 aliphatic carbocycles. The highest BCUT2D eigenvalue weighted by molar-refractivity contribution is 5.24. The van der Waals surface area contributed by atoms with Crippen molar-refractivity contribution in [3.05, 3.63) is 35.4 Å². The molecule has 112 valence electrons. The summed E-state index contributed by atoms with van der Waals surface area (Å²) >= 11 is 0. The van der Waals surface area contributed by atoms with Crippen LogP contribution in [0.1, 0.15) is 24.4 Å². The van der Waals surface area contributed by atoms with E-state index in [2.05, 4.69) is 5.32 Å². The van der Waals surface area contributed by atoms with Crippen molar-refractivity contribution >= 4 is 0 Å². The van der Waals surface area contributed by atoms with Gasteiger partial charge in [0.25, 0.3) is 0 Å². The molecule has 2 rings (SSSR count). The van der Waals surface area contributed by atoms with Gasteiger partial charge in [-0.25, -0.2) is 8.78 Å². The summed E-state index contributed by atoms with van der Waals surface area (Å²) in [4.78, 5) is 0. The Labute approximate surface area is 112 Å². The molecular weight excluding hydrogens is 281 g/mol. The maximum atomic E-state index is 13.7. The standard InChI is InChI=1S/C13H14F5NO/c14-8-3-4-10(15)9(5-8)12(7-1-2-7)19-6-11(20)13(16,17)18/h3-5,7,11-12,19-20H,1-2,6H2/t11-,12-/m1/s1. The Morgan fingerprint density at radius 2 is 1.90 bits per heavy atom. The van der Waals surface area contributed by atoms with Gasteiger partial charge in [0.15, 0.2) is 6.10 Å². The van der Waals surface area contributed by atoms with E-state index in [0.29, 0.717) is 0 Å². The van der Waals surface area contributed by atoms with Crippen molar-refractivity contribution in [2.45, 2.75) is 31.2 Å². The molecule has 0 spiro atoms. The van der Waals surface area contributed by atoms with Gasteiger partial charge in [0, 0.05) is 18.2 Å². The van der Waals surface area contributed by atoms with E-state index in [1.54, 1.807) is 0 Å². The summed E-state index contributed by atoms with van der Waals surface area (Å²) in [5.41, 5.74) is 0.00174. The smallest absolute Gasteiger partial charge is 0.382 e. The zero-order valence-corrected chi connectivity index (χ0v) is 10.4. The van der Waals surface area contributed by atoms with Crippen molar-refractivity contribution in [1.29, 1.82) is 0 Å². The fraction of sp³-hybridized carbons (Fsp3) is 0.538. The molecular formula is C13H14F5NO. The van der Waals surface area contributed by atoms with Crippen molar-refractivity contribution in [2.75, 3.05) is 6.54 Å². The predicted octanol–water partition coefficient (Wildman–Crippen LogP) is 2.93. The number of halogens is 5. The van der Waals surface area contributed by atoms with Gasteiger partial charge in [-0.15, -0.1) is 0 Å². The molecule has 0 unspecified atom stereocenters. The molecule has 0 amide bonds. The molecule has 20 heavy (non-hydrogen) atoms. The lowest BCUT2D eigenvalue weighted by Gasteiger charge is -2.22. The second-order valence-corrected chi connectivity index (χ2v) is 4.95.